The van der Waals surface area contributed by atoms with E-state index >= 15 is 0 Å². The number of nitrogens with one attached hydrogen (secondary N) is 1. The predicted molar refractivity (Wildman–Crippen MR) is 76.2 cm³/mol. The largest absolute Gasteiger partial charge is 0.461 e. The van der Waals surface area contributed by atoms with E-state index in [0.29, 0.717) is 19.5 Å². The van der Waals surface area contributed by atoms with Crippen molar-refractivity contribution in [1.29, 1.82) is 0 Å². The predicted octanol–water partition coefficient (Wildman–Crippen LogP) is 0.670. The summed E-state index contributed by atoms with van der Waals surface area (Å²) in [7, 11) is 0. The van der Waals surface area contributed by atoms with Crippen molar-refractivity contribution in [2.45, 2.75) is 26.3 Å². The van der Waals surface area contributed by atoms with E-state index < -0.39 is 12.0 Å². The third kappa shape index (κ3) is 3.21. The van der Waals surface area contributed by atoms with Gasteiger partial charge in [-0.05, 0) is 13.3 Å². The van der Waals surface area contributed by atoms with Crippen LogP contribution in [-0.4, -0.2) is 53.4 Å². The summed E-state index contributed by atoms with van der Waals surface area (Å²) in [5.74, 6) is -1.02. The number of hydrogen-bond acceptors (Lipinski definition) is 6. The Kier molecular flexibility index (Phi) is 4.89. The SMILES string of the molecule is CCOC(=O)c1nc(C(=O)N2CCNC(=O)C2CC)cs1. The number of carbonyl (C=O) groups excluding carboxylic acids is 3. The first-order valence-electron chi connectivity index (χ1n) is 6.79. The van der Waals surface area contributed by atoms with Gasteiger partial charge in [-0.1, -0.05) is 6.92 Å². The van der Waals surface area contributed by atoms with Crippen LogP contribution in [0, 0.1) is 0 Å². The number of ether oxygens (including phenoxy) is 1. The maximum Gasteiger partial charge on any atom is 0.367 e. The minimum Gasteiger partial charge on any atom is -0.461 e. The monoisotopic (exact) mass is 311 g/mol. The molecule has 0 spiro atoms. The van der Waals surface area contributed by atoms with Crippen LogP contribution in [0.2, 0.25) is 0 Å². The van der Waals surface area contributed by atoms with E-state index in [4.69, 9.17) is 4.74 Å². The Morgan fingerprint density at radius 2 is 2.29 bits per heavy atom. The third-order valence-corrected chi connectivity index (χ3v) is 3.97. The quantitative estimate of drug-likeness (QED) is 0.826. The van der Waals surface area contributed by atoms with Gasteiger partial charge in [0.1, 0.15) is 11.7 Å². The summed E-state index contributed by atoms with van der Waals surface area (Å²) in [4.78, 5) is 41.3. The summed E-state index contributed by atoms with van der Waals surface area (Å²) < 4.78 is 4.85. The van der Waals surface area contributed by atoms with Gasteiger partial charge < -0.3 is 15.0 Å². The molecular formula is C13H17N3O4S. The molecule has 0 saturated carbocycles. The Balaban J connectivity index is 2.15. The van der Waals surface area contributed by atoms with Crippen LogP contribution < -0.4 is 5.32 Å². The molecule has 1 aromatic rings. The van der Waals surface area contributed by atoms with E-state index in [0.717, 1.165) is 11.3 Å². The normalized spacial score (nSPS) is 18.3. The molecule has 2 amide bonds. The molecule has 1 aliphatic rings. The Morgan fingerprint density at radius 1 is 1.52 bits per heavy atom. The van der Waals surface area contributed by atoms with E-state index in [2.05, 4.69) is 10.3 Å². The highest BCUT2D eigenvalue weighted by Gasteiger charge is 2.33. The zero-order valence-corrected chi connectivity index (χ0v) is 12.7. The minimum absolute atomic E-state index is 0.148. The molecule has 21 heavy (non-hydrogen) atoms. The van der Waals surface area contributed by atoms with Crippen molar-refractivity contribution in [3.63, 3.8) is 0 Å². The fourth-order valence-electron chi connectivity index (χ4n) is 2.17. The second-order valence-electron chi connectivity index (χ2n) is 4.47. The highest BCUT2D eigenvalue weighted by Crippen LogP contribution is 2.17. The number of hydrogen-bond donors (Lipinski definition) is 1. The first kappa shape index (κ1) is 15.4. The second kappa shape index (κ2) is 6.66. The molecule has 2 rings (SSSR count). The summed E-state index contributed by atoms with van der Waals surface area (Å²) in [6.07, 6.45) is 0.534. The third-order valence-electron chi connectivity index (χ3n) is 3.15. The molecule has 1 aromatic heterocycles. The van der Waals surface area contributed by atoms with Gasteiger partial charge in [0.15, 0.2) is 0 Å². The van der Waals surface area contributed by atoms with Gasteiger partial charge in [0, 0.05) is 18.5 Å². The van der Waals surface area contributed by atoms with Crippen LogP contribution in [0.5, 0.6) is 0 Å². The van der Waals surface area contributed by atoms with E-state index in [1.807, 2.05) is 6.92 Å². The van der Waals surface area contributed by atoms with Crippen molar-refractivity contribution in [3.05, 3.63) is 16.1 Å². The maximum atomic E-state index is 12.4. The lowest BCUT2D eigenvalue weighted by atomic mass is 10.1. The summed E-state index contributed by atoms with van der Waals surface area (Å²) in [5.41, 5.74) is 0.177. The molecule has 1 fully saturated rings. The standard InChI is InChI=1S/C13H17N3O4S/c1-3-9-10(17)14-5-6-16(9)12(18)8-7-21-11(15-8)13(19)20-4-2/h7,9H,3-6H2,1-2H3,(H,14,17). The second-order valence-corrected chi connectivity index (χ2v) is 5.33. The van der Waals surface area contributed by atoms with E-state index in [9.17, 15) is 14.4 Å². The van der Waals surface area contributed by atoms with Gasteiger partial charge >= 0.3 is 5.97 Å². The van der Waals surface area contributed by atoms with Crippen molar-refractivity contribution in [3.8, 4) is 0 Å². The molecule has 0 aromatic carbocycles. The fourth-order valence-corrected chi connectivity index (χ4v) is 2.85. The Hall–Kier alpha value is -1.96. The van der Waals surface area contributed by atoms with E-state index in [1.165, 1.54) is 10.3 Å². The highest BCUT2D eigenvalue weighted by atomic mass is 32.1. The van der Waals surface area contributed by atoms with Crippen molar-refractivity contribution in [2.75, 3.05) is 19.7 Å². The van der Waals surface area contributed by atoms with Crippen LogP contribution in [0.4, 0.5) is 0 Å². The van der Waals surface area contributed by atoms with E-state index in [1.54, 1.807) is 6.92 Å². The number of rotatable bonds is 4. The Morgan fingerprint density at radius 3 is 2.95 bits per heavy atom. The first-order valence-corrected chi connectivity index (χ1v) is 7.67. The first-order chi connectivity index (χ1) is 10.1. The van der Waals surface area contributed by atoms with Crippen molar-refractivity contribution < 1.29 is 19.1 Å². The molecule has 0 bridgehead atoms. The average molecular weight is 311 g/mol. The molecule has 1 unspecified atom stereocenters. The zero-order chi connectivity index (χ0) is 15.4. The van der Waals surface area contributed by atoms with Crippen molar-refractivity contribution >= 4 is 29.1 Å². The van der Waals surface area contributed by atoms with Crippen LogP contribution in [0.15, 0.2) is 5.38 Å². The maximum absolute atomic E-state index is 12.4. The summed E-state index contributed by atoms with van der Waals surface area (Å²) in [5, 5.41) is 4.40. The lowest BCUT2D eigenvalue weighted by Crippen LogP contribution is -2.56. The summed E-state index contributed by atoms with van der Waals surface area (Å²) in [6, 6.07) is -0.487. The number of nitrogens with zero attached hydrogens (tertiary/aromatic N) is 2. The number of carbonyl (C=O) groups is 3. The number of esters is 1. The summed E-state index contributed by atoms with van der Waals surface area (Å²) >= 11 is 1.07. The number of amides is 2. The molecule has 2 heterocycles. The fraction of sp³-hybridized carbons (Fsp3) is 0.538. The van der Waals surface area contributed by atoms with Crippen LogP contribution in [0.25, 0.3) is 0 Å². The van der Waals surface area contributed by atoms with Gasteiger partial charge in [-0.2, -0.15) is 0 Å². The molecule has 7 nitrogen and oxygen atoms in total. The Labute approximate surface area is 126 Å². The molecule has 0 radical (unpaired) electrons. The van der Waals surface area contributed by atoms with Crippen molar-refractivity contribution in [2.24, 2.45) is 0 Å². The lowest BCUT2D eigenvalue weighted by Gasteiger charge is -2.34. The molecular weight excluding hydrogens is 294 g/mol. The van der Waals surface area contributed by atoms with Gasteiger partial charge in [-0.15, -0.1) is 11.3 Å². The molecule has 114 valence electrons. The number of thiazole rings is 1. The molecule has 0 aliphatic carbocycles. The Bertz CT molecular complexity index is 557. The van der Waals surface area contributed by atoms with Gasteiger partial charge in [-0.3, -0.25) is 9.59 Å². The molecule has 8 heteroatoms. The molecule has 1 atom stereocenters. The van der Waals surface area contributed by atoms with Gasteiger partial charge in [-0.25, -0.2) is 9.78 Å². The van der Waals surface area contributed by atoms with Crippen molar-refractivity contribution in [1.82, 2.24) is 15.2 Å². The smallest absolute Gasteiger partial charge is 0.367 e. The lowest BCUT2D eigenvalue weighted by molar-refractivity contribution is -0.127. The van der Waals surface area contributed by atoms with Crippen LogP contribution >= 0.6 is 11.3 Å². The van der Waals surface area contributed by atoms with Gasteiger partial charge in [0.2, 0.25) is 10.9 Å². The zero-order valence-electron chi connectivity index (χ0n) is 11.9. The van der Waals surface area contributed by atoms with Gasteiger partial charge in [0.05, 0.1) is 6.61 Å². The molecule has 1 saturated heterocycles. The topological polar surface area (TPSA) is 88.6 Å². The van der Waals surface area contributed by atoms with Crippen LogP contribution in [-0.2, 0) is 9.53 Å². The molecule has 1 N–H and O–H groups in total. The number of aromatic nitrogens is 1. The molecule has 1 aliphatic heterocycles. The summed E-state index contributed by atoms with van der Waals surface area (Å²) in [6.45, 7) is 4.67. The average Bonchev–Trinajstić information content (AvgIpc) is 2.96. The van der Waals surface area contributed by atoms with Crippen LogP contribution in [0.1, 0.15) is 40.6 Å². The number of piperazine rings is 1. The van der Waals surface area contributed by atoms with E-state index in [-0.39, 0.29) is 29.1 Å². The van der Waals surface area contributed by atoms with Crippen LogP contribution in [0.3, 0.4) is 0 Å². The van der Waals surface area contributed by atoms with Gasteiger partial charge in [0.25, 0.3) is 5.91 Å². The minimum atomic E-state index is -0.537. The highest BCUT2D eigenvalue weighted by molar-refractivity contribution is 7.11.